The maximum atomic E-state index is 12.2. The number of nitrogens with zero attached hydrogens (tertiary/aromatic N) is 2. The lowest BCUT2D eigenvalue weighted by atomic mass is 10.1. The zero-order chi connectivity index (χ0) is 16.6. The average molecular weight is 349 g/mol. The summed E-state index contributed by atoms with van der Waals surface area (Å²) in [5.41, 5.74) is 0.948. The summed E-state index contributed by atoms with van der Waals surface area (Å²) < 4.78 is 1.49. The van der Waals surface area contributed by atoms with Gasteiger partial charge >= 0.3 is 0 Å². The van der Waals surface area contributed by atoms with E-state index >= 15 is 0 Å². The van der Waals surface area contributed by atoms with Gasteiger partial charge in [0.15, 0.2) is 0 Å². The summed E-state index contributed by atoms with van der Waals surface area (Å²) in [7, 11) is 0. The van der Waals surface area contributed by atoms with E-state index in [1.165, 1.54) is 22.8 Å². The van der Waals surface area contributed by atoms with Crippen molar-refractivity contribution in [1.82, 2.24) is 4.57 Å². The van der Waals surface area contributed by atoms with Crippen LogP contribution in [0, 0.1) is 10.1 Å². The van der Waals surface area contributed by atoms with Gasteiger partial charge in [-0.3, -0.25) is 14.9 Å². The molecule has 0 fully saturated rings. The lowest BCUT2D eigenvalue weighted by molar-refractivity contribution is -0.384. The Kier molecular flexibility index (Phi) is 4.07. The third kappa shape index (κ3) is 2.93. The molecule has 0 saturated carbocycles. The summed E-state index contributed by atoms with van der Waals surface area (Å²) in [6.45, 7) is 0.187. The molecule has 7 heteroatoms. The number of aromatic nitrogens is 1. The summed E-state index contributed by atoms with van der Waals surface area (Å²) in [5.74, 6) is 0. The minimum absolute atomic E-state index is 0.0292. The van der Waals surface area contributed by atoms with Crippen LogP contribution < -0.4 is 5.56 Å². The van der Waals surface area contributed by atoms with Crippen molar-refractivity contribution in [1.29, 1.82) is 0 Å². The van der Waals surface area contributed by atoms with E-state index in [1.54, 1.807) is 30.3 Å². The quantitative estimate of drug-likeness (QED) is 0.524. The molecule has 0 unspecified atom stereocenters. The third-order valence-corrected chi connectivity index (χ3v) is 4.27. The highest BCUT2D eigenvalue weighted by Gasteiger charge is 2.12. The van der Waals surface area contributed by atoms with Crippen LogP contribution in [0.25, 0.3) is 10.9 Å². The van der Waals surface area contributed by atoms with Crippen LogP contribution in [-0.2, 0) is 6.54 Å². The number of rotatable bonds is 3. The molecule has 2 aromatic carbocycles. The minimum Gasteiger partial charge on any atom is -0.304 e. The molecule has 5 nitrogen and oxygen atoms in total. The number of nitro groups is 1. The molecule has 0 amide bonds. The minimum atomic E-state index is -0.472. The zero-order valence-corrected chi connectivity index (χ0v) is 13.2. The molecule has 0 saturated heterocycles. The molecule has 0 radical (unpaired) electrons. The van der Waals surface area contributed by atoms with E-state index in [0.29, 0.717) is 26.5 Å². The van der Waals surface area contributed by atoms with Crippen LogP contribution in [0.1, 0.15) is 5.56 Å². The SMILES string of the molecule is O=c1ccc2cc([N+](=O)[O-])ccc2n1Cc1c(Cl)cccc1Cl. The second-order valence-corrected chi connectivity index (χ2v) is 5.77. The Morgan fingerprint density at radius 2 is 1.74 bits per heavy atom. The van der Waals surface area contributed by atoms with Crippen LogP contribution in [0.3, 0.4) is 0 Å². The number of benzene rings is 2. The molecule has 0 spiro atoms. The molecular formula is C16H10Cl2N2O3. The Balaban J connectivity index is 2.19. The molecule has 116 valence electrons. The van der Waals surface area contributed by atoms with E-state index in [9.17, 15) is 14.9 Å². The van der Waals surface area contributed by atoms with Gasteiger partial charge in [-0.2, -0.15) is 0 Å². The first kappa shape index (κ1) is 15.5. The van der Waals surface area contributed by atoms with Crippen molar-refractivity contribution < 1.29 is 4.92 Å². The fourth-order valence-corrected chi connectivity index (χ4v) is 2.93. The Labute approximate surface area is 140 Å². The molecule has 0 bridgehead atoms. The standard InChI is InChI=1S/C16H10Cl2N2O3/c17-13-2-1-3-14(18)12(13)9-19-15-6-5-11(20(22)23)8-10(15)4-7-16(19)21/h1-8H,9H2. The predicted octanol–water partition coefficient (Wildman–Crippen LogP) is 4.26. The number of fused-ring (bicyclic) bond motifs is 1. The second kappa shape index (κ2) is 6.02. The van der Waals surface area contributed by atoms with Crippen molar-refractivity contribution in [3.05, 3.63) is 84.6 Å². The van der Waals surface area contributed by atoms with Crippen LogP contribution >= 0.6 is 23.2 Å². The smallest absolute Gasteiger partial charge is 0.270 e. The van der Waals surface area contributed by atoms with Gasteiger partial charge in [0.2, 0.25) is 0 Å². The molecule has 0 aliphatic carbocycles. The van der Waals surface area contributed by atoms with E-state index in [0.717, 1.165) is 0 Å². The molecule has 3 rings (SSSR count). The summed E-state index contributed by atoms with van der Waals surface area (Å²) in [6, 6.07) is 12.4. The lowest BCUT2D eigenvalue weighted by Gasteiger charge is -2.12. The van der Waals surface area contributed by atoms with E-state index in [2.05, 4.69) is 0 Å². The molecule has 0 aliphatic heterocycles. The van der Waals surface area contributed by atoms with E-state index in [1.807, 2.05) is 0 Å². The van der Waals surface area contributed by atoms with Crippen LogP contribution in [0.15, 0.2) is 53.3 Å². The van der Waals surface area contributed by atoms with Gasteiger partial charge < -0.3 is 4.57 Å². The zero-order valence-electron chi connectivity index (χ0n) is 11.7. The van der Waals surface area contributed by atoms with Crippen molar-refractivity contribution in [2.75, 3.05) is 0 Å². The first-order valence-electron chi connectivity index (χ1n) is 6.68. The highest BCUT2D eigenvalue weighted by atomic mass is 35.5. The van der Waals surface area contributed by atoms with Crippen molar-refractivity contribution >= 4 is 39.8 Å². The maximum absolute atomic E-state index is 12.2. The van der Waals surface area contributed by atoms with Gasteiger partial charge in [-0.1, -0.05) is 29.3 Å². The van der Waals surface area contributed by atoms with Crippen molar-refractivity contribution in [3.63, 3.8) is 0 Å². The molecule has 1 aromatic heterocycles. The van der Waals surface area contributed by atoms with E-state index in [-0.39, 0.29) is 17.8 Å². The first-order valence-corrected chi connectivity index (χ1v) is 7.44. The largest absolute Gasteiger partial charge is 0.304 e. The van der Waals surface area contributed by atoms with Gasteiger partial charge in [0.25, 0.3) is 11.2 Å². The molecule has 0 aliphatic rings. The van der Waals surface area contributed by atoms with Gasteiger partial charge in [0.05, 0.1) is 17.0 Å². The predicted molar refractivity (Wildman–Crippen MR) is 90.4 cm³/mol. The number of halogens is 2. The molecule has 3 aromatic rings. The summed E-state index contributed by atoms with van der Waals surface area (Å²) in [5, 5.41) is 12.4. The van der Waals surface area contributed by atoms with E-state index in [4.69, 9.17) is 23.2 Å². The Bertz CT molecular complexity index is 962. The van der Waals surface area contributed by atoms with Gasteiger partial charge in [0, 0.05) is 39.2 Å². The van der Waals surface area contributed by atoms with Gasteiger partial charge in [-0.25, -0.2) is 0 Å². The van der Waals surface area contributed by atoms with Crippen molar-refractivity contribution in [3.8, 4) is 0 Å². The fraction of sp³-hybridized carbons (Fsp3) is 0.0625. The number of pyridine rings is 1. The summed E-state index contributed by atoms with van der Waals surface area (Å²) >= 11 is 12.3. The molecular weight excluding hydrogens is 339 g/mol. The molecule has 0 N–H and O–H groups in total. The number of hydrogen-bond acceptors (Lipinski definition) is 3. The number of non-ortho nitro benzene ring substituents is 1. The third-order valence-electron chi connectivity index (χ3n) is 3.56. The first-order chi connectivity index (χ1) is 11.0. The van der Waals surface area contributed by atoms with Crippen LogP contribution in [0.2, 0.25) is 10.0 Å². The Hall–Kier alpha value is -2.37. The normalized spacial score (nSPS) is 10.9. The van der Waals surface area contributed by atoms with Crippen molar-refractivity contribution in [2.45, 2.75) is 6.54 Å². The highest BCUT2D eigenvalue weighted by Crippen LogP contribution is 2.26. The lowest BCUT2D eigenvalue weighted by Crippen LogP contribution is -2.20. The average Bonchev–Trinajstić information content (AvgIpc) is 2.52. The van der Waals surface area contributed by atoms with Crippen LogP contribution in [-0.4, -0.2) is 9.49 Å². The van der Waals surface area contributed by atoms with Gasteiger partial charge in [-0.05, 0) is 24.3 Å². The molecule has 1 heterocycles. The summed E-state index contributed by atoms with van der Waals surface area (Å²) in [6.07, 6.45) is 0. The van der Waals surface area contributed by atoms with Gasteiger partial charge in [-0.15, -0.1) is 0 Å². The second-order valence-electron chi connectivity index (χ2n) is 4.96. The highest BCUT2D eigenvalue weighted by molar-refractivity contribution is 6.36. The van der Waals surface area contributed by atoms with Crippen molar-refractivity contribution in [2.24, 2.45) is 0 Å². The molecule has 0 atom stereocenters. The topological polar surface area (TPSA) is 65.1 Å². The molecule has 23 heavy (non-hydrogen) atoms. The maximum Gasteiger partial charge on any atom is 0.270 e. The summed E-state index contributed by atoms with van der Waals surface area (Å²) in [4.78, 5) is 22.6. The van der Waals surface area contributed by atoms with Crippen LogP contribution in [0.5, 0.6) is 0 Å². The monoisotopic (exact) mass is 348 g/mol. The van der Waals surface area contributed by atoms with E-state index < -0.39 is 4.92 Å². The Morgan fingerprint density at radius 3 is 2.39 bits per heavy atom. The van der Waals surface area contributed by atoms with Gasteiger partial charge in [0.1, 0.15) is 0 Å². The number of hydrogen-bond donors (Lipinski definition) is 0. The Morgan fingerprint density at radius 1 is 1.04 bits per heavy atom. The number of nitro benzene ring substituents is 1. The van der Waals surface area contributed by atoms with Crippen LogP contribution in [0.4, 0.5) is 5.69 Å². The fourth-order valence-electron chi connectivity index (χ4n) is 2.41.